The van der Waals surface area contributed by atoms with Gasteiger partial charge in [0.25, 0.3) is 5.91 Å². The molecule has 0 saturated heterocycles. The molecule has 0 radical (unpaired) electrons. The number of aromatic carboxylic acids is 1. The maximum Gasteiger partial charge on any atom is 0.335 e. The Hall–Kier alpha value is -4.71. The largest absolute Gasteiger partial charge is 0.493 e. The Morgan fingerprint density at radius 2 is 1.73 bits per heavy atom. The molecule has 0 aliphatic heterocycles. The number of hydrazone groups is 1. The lowest BCUT2D eigenvalue weighted by Gasteiger charge is -2.13. The highest BCUT2D eigenvalue weighted by Gasteiger charge is 2.13. The number of hydrogen-bond donors (Lipinski definition) is 3. The first kappa shape index (κ1) is 30.7. The molecular weight excluding hydrogens is 668 g/mol. The molecule has 222 valence electrons. The average molecular weight is 692 g/mol. The maximum atomic E-state index is 12.7. The molecular formula is C32H24BrClN4O5S. The lowest BCUT2D eigenvalue weighted by atomic mass is 10.1. The monoisotopic (exact) mass is 690 g/mol. The van der Waals surface area contributed by atoms with Crippen molar-refractivity contribution >= 4 is 67.8 Å². The van der Waals surface area contributed by atoms with Gasteiger partial charge in [-0.15, -0.1) is 11.3 Å². The van der Waals surface area contributed by atoms with Crippen LogP contribution in [0.25, 0.3) is 11.3 Å². The van der Waals surface area contributed by atoms with Crippen LogP contribution in [0.5, 0.6) is 11.5 Å². The van der Waals surface area contributed by atoms with Crippen LogP contribution in [0.15, 0.2) is 99.9 Å². The molecule has 1 amide bonds. The van der Waals surface area contributed by atoms with Crippen molar-refractivity contribution in [3.05, 3.63) is 122 Å². The molecule has 5 rings (SSSR count). The third-order valence-corrected chi connectivity index (χ3v) is 7.86. The van der Waals surface area contributed by atoms with E-state index in [1.165, 1.54) is 36.8 Å². The highest BCUT2D eigenvalue weighted by Crippen LogP contribution is 2.37. The van der Waals surface area contributed by atoms with Crippen molar-refractivity contribution in [2.45, 2.75) is 6.61 Å². The predicted molar refractivity (Wildman–Crippen MR) is 176 cm³/mol. The first-order chi connectivity index (χ1) is 21.3. The van der Waals surface area contributed by atoms with E-state index in [0.29, 0.717) is 32.1 Å². The number of nitrogens with zero attached hydrogens (tertiary/aromatic N) is 2. The van der Waals surface area contributed by atoms with Gasteiger partial charge in [0.1, 0.15) is 6.61 Å². The lowest BCUT2D eigenvalue weighted by Crippen LogP contribution is -2.17. The number of hydrogen-bond acceptors (Lipinski definition) is 8. The summed E-state index contributed by atoms with van der Waals surface area (Å²) in [5.41, 5.74) is 7.20. The first-order valence-electron chi connectivity index (χ1n) is 13.0. The van der Waals surface area contributed by atoms with Crippen LogP contribution >= 0.6 is 38.9 Å². The number of carboxylic acid groups (broad SMARTS) is 1. The van der Waals surface area contributed by atoms with E-state index in [2.05, 4.69) is 36.8 Å². The molecule has 3 N–H and O–H groups in total. The molecule has 12 heteroatoms. The molecule has 0 aliphatic rings. The van der Waals surface area contributed by atoms with Gasteiger partial charge in [-0.3, -0.25) is 4.79 Å². The Morgan fingerprint density at radius 1 is 1.02 bits per heavy atom. The van der Waals surface area contributed by atoms with Crippen molar-refractivity contribution in [1.29, 1.82) is 0 Å². The summed E-state index contributed by atoms with van der Waals surface area (Å²) in [6.45, 7) is 0.209. The SMILES string of the molecule is COc1cc(/C=N\NC(=O)c2ccc(-c3csc(Nc4ccc(Cl)cc4)n3)cc2)cc(Br)c1OCc1ccc(C(=O)O)cc1. The van der Waals surface area contributed by atoms with E-state index in [-0.39, 0.29) is 18.1 Å². The highest BCUT2D eigenvalue weighted by atomic mass is 79.9. The van der Waals surface area contributed by atoms with Crippen LogP contribution in [0.4, 0.5) is 10.8 Å². The Kier molecular flexibility index (Phi) is 9.90. The molecule has 1 heterocycles. The van der Waals surface area contributed by atoms with Crippen LogP contribution in [0, 0.1) is 0 Å². The smallest absolute Gasteiger partial charge is 0.335 e. The Labute approximate surface area is 270 Å². The summed E-state index contributed by atoms with van der Waals surface area (Å²) in [5.74, 6) is -0.419. The number of rotatable bonds is 11. The average Bonchev–Trinajstić information content (AvgIpc) is 3.50. The summed E-state index contributed by atoms with van der Waals surface area (Å²) in [5, 5.41) is 19.8. The van der Waals surface area contributed by atoms with Crippen LogP contribution in [-0.2, 0) is 6.61 Å². The fourth-order valence-corrected chi connectivity index (χ4v) is 5.44. The molecule has 0 unspecified atom stereocenters. The Morgan fingerprint density at radius 3 is 2.41 bits per heavy atom. The topological polar surface area (TPSA) is 122 Å². The van der Waals surface area contributed by atoms with E-state index < -0.39 is 5.97 Å². The molecule has 0 aliphatic carbocycles. The number of methoxy groups -OCH3 is 1. The van der Waals surface area contributed by atoms with Crippen molar-refractivity contribution in [2.24, 2.45) is 5.10 Å². The zero-order chi connectivity index (χ0) is 31.1. The van der Waals surface area contributed by atoms with Crippen LogP contribution in [0.2, 0.25) is 5.02 Å². The van der Waals surface area contributed by atoms with Gasteiger partial charge in [0.15, 0.2) is 16.6 Å². The third kappa shape index (κ3) is 7.81. The minimum atomic E-state index is -0.988. The van der Waals surface area contributed by atoms with Crippen molar-refractivity contribution < 1.29 is 24.2 Å². The molecule has 44 heavy (non-hydrogen) atoms. The van der Waals surface area contributed by atoms with E-state index in [1.54, 1.807) is 36.4 Å². The fraction of sp³-hybridized carbons (Fsp3) is 0.0625. The summed E-state index contributed by atoms with van der Waals surface area (Å²) in [4.78, 5) is 28.4. The molecule has 4 aromatic carbocycles. The highest BCUT2D eigenvalue weighted by molar-refractivity contribution is 9.10. The van der Waals surface area contributed by atoms with Gasteiger partial charge in [0.05, 0.1) is 29.1 Å². The normalized spacial score (nSPS) is 10.9. The van der Waals surface area contributed by atoms with Gasteiger partial charge in [0, 0.05) is 27.2 Å². The zero-order valence-corrected chi connectivity index (χ0v) is 26.2. The first-order valence-corrected chi connectivity index (χ1v) is 15.1. The number of amides is 1. The molecule has 9 nitrogen and oxygen atoms in total. The zero-order valence-electron chi connectivity index (χ0n) is 23.1. The number of nitrogens with one attached hydrogen (secondary N) is 2. The van der Waals surface area contributed by atoms with E-state index >= 15 is 0 Å². The molecule has 0 fully saturated rings. The van der Waals surface area contributed by atoms with Gasteiger partial charge in [0.2, 0.25) is 0 Å². The summed E-state index contributed by atoms with van der Waals surface area (Å²) >= 11 is 10.9. The van der Waals surface area contributed by atoms with Gasteiger partial charge >= 0.3 is 5.97 Å². The number of halogens is 2. The van der Waals surface area contributed by atoms with Gasteiger partial charge < -0.3 is 19.9 Å². The summed E-state index contributed by atoms with van der Waals surface area (Å²) in [6, 6.07) is 24.4. The van der Waals surface area contributed by atoms with Crippen molar-refractivity contribution in [3.63, 3.8) is 0 Å². The van der Waals surface area contributed by atoms with Gasteiger partial charge in [-0.2, -0.15) is 5.10 Å². The number of carbonyl (C=O) groups excluding carboxylic acids is 1. The van der Waals surface area contributed by atoms with E-state index in [9.17, 15) is 9.59 Å². The van der Waals surface area contributed by atoms with Gasteiger partial charge in [-0.05, 0) is 87.7 Å². The molecule has 5 aromatic rings. The van der Waals surface area contributed by atoms with Crippen LogP contribution in [0.1, 0.15) is 31.8 Å². The quantitative estimate of drug-likeness (QED) is 0.0947. The van der Waals surface area contributed by atoms with Crippen molar-refractivity contribution in [1.82, 2.24) is 10.4 Å². The lowest BCUT2D eigenvalue weighted by molar-refractivity contribution is 0.0696. The standard InChI is InChI=1S/C32H24BrClN4O5S/c1-42-28-15-20(14-26(33)29(28)43-17-19-2-4-23(5-3-19)31(40)41)16-35-38-30(39)22-8-6-21(7-9-22)27-18-44-32(37-27)36-25-12-10-24(34)11-13-25/h2-16,18H,17H2,1H3,(H,36,37)(H,38,39)(H,40,41)/b35-16-. The molecule has 0 atom stereocenters. The predicted octanol–water partition coefficient (Wildman–Crippen LogP) is 8.02. The number of anilines is 2. The Balaban J connectivity index is 1.17. The van der Waals surface area contributed by atoms with Gasteiger partial charge in [-0.25, -0.2) is 15.2 Å². The number of carbonyl (C=O) groups is 2. The summed E-state index contributed by atoms with van der Waals surface area (Å²) < 4.78 is 12.0. The number of carboxylic acids is 1. The Bertz CT molecular complexity index is 1810. The van der Waals surface area contributed by atoms with E-state index in [0.717, 1.165) is 27.6 Å². The van der Waals surface area contributed by atoms with Crippen LogP contribution in [-0.4, -0.2) is 35.3 Å². The number of benzene rings is 4. The molecule has 0 bridgehead atoms. The van der Waals surface area contributed by atoms with E-state index in [4.69, 9.17) is 26.2 Å². The van der Waals surface area contributed by atoms with Crippen LogP contribution in [0.3, 0.4) is 0 Å². The van der Waals surface area contributed by atoms with Crippen molar-refractivity contribution in [3.8, 4) is 22.8 Å². The number of thiazole rings is 1. The second kappa shape index (κ2) is 14.2. The minimum Gasteiger partial charge on any atom is -0.493 e. The second-order valence-corrected chi connectivity index (χ2v) is 11.4. The van der Waals surface area contributed by atoms with Gasteiger partial charge in [-0.1, -0.05) is 35.9 Å². The summed E-state index contributed by atoms with van der Waals surface area (Å²) in [6.07, 6.45) is 1.50. The minimum absolute atomic E-state index is 0.203. The third-order valence-electron chi connectivity index (χ3n) is 6.26. The maximum absolute atomic E-state index is 12.7. The van der Waals surface area contributed by atoms with Crippen molar-refractivity contribution in [2.75, 3.05) is 12.4 Å². The second-order valence-electron chi connectivity index (χ2n) is 9.27. The summed E-state index contributed by atoms with van der Waals surface area (Å²) in [7, 11) is 1.52. The number of ether oxygens (including phenoxy) is 2. The molecule has 0 saturated carbocycles. The molecule has 1 aromatic heterocycles. The fourth-order valence-electron chi connectivity index (χ4n) is 4.00. The van der Waals surface area contributed by atoms with E-state index in [1.807, 2.05) is 41.8 Å². The molecule has 0 spiro atoms. The van der Waals surface area contributed by atoms with Crippen LogP contribution < -0.4 is 20.2 Å². The number of aromatic nitrogens is 1.